The zero-order valence-corrected chi connectivity index (χ0v) is 11.8. The first kappa shape index (κ1) is 15.3. The van der Waals surface area contributed by atoms with Crippen molar-refractivity contribution in [2.24, 2.45) is 0 Å². The van der Waals surface area contributed by atoms with Crippen molar-refractivity contribution < 1.29 is 14.3 Å². The lowest BCUT2D eigenvalue weighted by molar-refractivity contribution is -0.139. The van der Waals surface area contributed by atoms with Crippen LogP contribution in [0.4, 0.5) is 5.69 Å². The van der Waals surface area contributed by atoms with Crippen molar-refractivity contribution in [1.82, 2.24) is 0 Å². The first-order chi connectivity index (χ1) is 9.13. The molecule has 0 aliphatic carbocycles. The number of benzene rings is 1. The van der Waals surface area contributed by atoms with Crippen LogP contribution in [0.15, 0.2) is 30.3 Å². The highest BCUT2D eigenvalue weighted by Gasteiger charge is 2.01. The Bertz CT molecular complexity index is 472. The lowest BCUT2D eigenvalue weighted by atomic mass is 10.1. The minimum Gasteiger partial charge on any atom is -0.462 e. The van der Waals surface area contributed by atoms with Gasteiger partial charge in [0.1, 0.15) is 11.6 Å². The Kier molecular flexibility index (Phi) is 6.78. The van der Waals surface area contributed by atoms with Gasteiger partial charge >= 0.3 is 5.97 Å². The summed E-state index contributed by atoms with van der Waals surface area (Å²) in [5.41, 5.74) is 1.86. The number of hydrogen-bond donors (Lipinski definition) is 1. The maximum atomic E-state index is 10.6. The van der Waals surface area contributed by atoms with Crippen molar-refractivity contribution in [3.63, 3.8) is 0 Å². The summed E-state index contributed by atoms with van der Waals surface area (Å²) in [4.78, 5) is 11.3. The van der Waals surface area contributed by atoms with Crippen LogP contribution in [-0.2, 0) is 14.3 Å². The largest absolute Gasteiger partial charge is 0.462 e. The smallest absolute Gasteiger partial charge is 0.302 e. The number of hydrogen-bond acceptors (Lipinski definition) is 4. The van der Waals surface area contributed by atoms with Gasteiger partial charge in [-0.15, -0.1) is 0 Å². The number of nitrogens with one attached hydrogen (secondary N) is 1. The molecule has 0 amide bonds. The molecule has 0 saturated heterocycles. The molecular weight excluding hydrogens is 262 g/mol. The standard InChI is InChI=1S/C14H17NO3S/c1-11(16)18-9-5-7-12-6-3-4-8-13(12)15-14(19)10-17-2/h3-8H,9-10H2,1-2H3,(H,15,19)/b7-5-. The molecule has 0 atom stereocenters. The van der Waals surface area contributed by atoms with Gasteiger partial charge in [0.2, 0.25) is 0 Å². The van der Waals surface area contributed by atoms with E-state index in [4.69, 9.17) is 21.7 Å². The minimum absolute atomic E-state index is 0.256. The summed E-state index contributed by atoms with van der Waals surface area (Å²) in [5, 5.41) is 3.11. The van der Waals surface area contributed by atoms with Crippen molar-refractivity contribution in [3.05, 3.63) is 35.9 Å². The fourth-order valence-electron chi connectivity index (χ4n) is 1.41. The predicted octanol–water partition coefficient (Wildman–Crippen LogP) is 2.65. The van der Waals surface area contributed by atoms with Crippen LogP contribution in [-0.4, -0.2) is 31.3 Å². The summed E-state index contributed by atoms with van der Waals surface area (Å²) in [6, 6.07) is 7.71. The lowest BCUT2D eigenvalue weighted by Gasteiger charge is -2.10. The Hall–Kier alpha value is -1.72. The number of anilines is 1. The molecule has 102 valence electrons. The van der Waals surface area contributed by atoms with Crippen LogP contribution in [0.5, 0.6) is 0 Å². The number of ether oxygens (including phenoxy) is 2. The summed E-state index contributed by atoms with van der Waals surface area (Å²) < 4.78 is 9.79. The maximum absolute atomic E-state index is 10.6. The maximum Gasteiger partial charge on any atom is 0.302 e. The highest BCUT2D eigenvalue weighted by Crippen LogP contribution is 2.16. The van der Waals surface area contributed by atoms with Gasteiger partial charge in [-0.05, 0) is 17.7 Å². The van der Waals surface area contributed by atoms with Crippen molar-refractivity contribution in [1.29, 1.82) is 0 Å². The number of methoxy groups -OCH3 is 1. The first-order valence-corrected chi connectivity index (χ1v) is 6.22. The molecule has 0 radical (unpaired) electrons. The molecule has 1 aromatic carbocycles. The SMILES string of the molecule is COCC(=S)Nc1ccccc1/C=C\COC(C)=O. The number of rotatable bonds is 6. The third-order valence-corrected chi connectivity index (χ3v) is 2.41. The van der Waals surface area contributed by atoms with Gasteiger partial charge in [-0.2, -0.15) is 0 Å². The number of carbonyl (C=O) groups is 1. The average molecular weight is 279 g/mol. The molecule has 0 aromatic heterocycles. The van der Waals surface area contributed by atoms with Gasteiger partial charge in [0.15, 0.2) is 0 Å². The average Bonchev–Trinajstić information content (AvgIpc) is 2.36. The number of carbonyl (C=O) groups excluding carboxylic acids is 1. The Labute approximate surface area is 118 Å². The molecule has 0 spiro atoms. The second-order valence-electron chi connectivity index (χ2n) is 3.77. The van der Waals surface area contributed by atoms with E-state index in [0.717, 1.165) is 11.3 Å². The molecule has 0 aliphatic heterocycles. The van der Waals surface area contributed by atoms with Gasteiger partial charge in [-0.1, -0.05) is 36.5 Å². The normalized spacial score (nSPS) is 10.4. The van der Waals surface area contributed by atoms with Gasteiger partial charge in [0.05, 0.1) is 6.61 Å². The molecule has 0 heterocycles. The lowest BCUT2D eigenvalue weighted by Crippen LogP contribution is -2.15. The summed E-state index contributed by atoms with van der Waals surface area (Å²) in [5.74, 6) is -0.294. The molecule has 1 N–H and O–H groups in total. The van der Waals surface area contributed by atoms with Crippen molar-refractivity contribution in [3.8, 4) is 0 Å². The summed E-state index contributed by atoms with van der Waals surface area (Å²) in [6.07, 6.45) is 3.65. The van der Waals surface area contributed by atoms with Crippen molar-refractivity contribution in [2.45, 2.75) is 6.92 Å². The Morgan fingerprint density at radius 1 is 1.42 bits per heavy atom. The third kappa shape index (κ3) is 6.13. The fourth-order valence-corrected chi connectivity index (χ4v) is 1.64. The molecule has 19 heavy (non-hydrogen) atoms. The monoisotopic (exact) mass is 279 g/mol. The van der Waals surface area contributed by atoms with E-state index in [0.29, 0.717) is 11.6 Å². The van der Waals surface area contributed by atoms with Crippen molar-refractivity contribution in [2.75, 3.05) is 25.6 Å². The van der Waals surface area contributed by atoms with E-state index >= 15 is 0 Å². The Balaban J connectivity index is 2.67. The van der Waals surface area contributed by atoms with Gasteiger partial charge in [0, 0.05) is 19.7 Å². The quantitative estimate of drug-likeness (QED) is 0.641. The van der Waals surface area contributed by atoms with Crippen LogP contribution < -0.4 is 5.32 Å². The van der Waals surface area contributed by atoms with Gasteiger partial charge in [0.25, 0.3) is 0 Å². The number of esters is 1. The van der Waals surface area contributed by atoms with Gasteiger partial charge in [-0.3, -0.25) is 4.79 Å². The molecule has 4 nitrogen and oxygen atoms in total. The molecule has 0 aliphatic rings. The van der Waals surface area contributed by atoms with Crippen LogP contribution >= 0.6 is 12.2 Å². The zero-order chi connectivity index (χ0) is 14.1. The topological polar surface area (TPSA) is 47.6 Å². The zero-order valence-electron chi connectivity index (χ0n) is 11.0. The molecule has 5 heteroatoms. The van der Waals surface area contributed by atoms with E-state index in [2.05, 4.69) is 5.32 Å². The Morgan fingerprint density at radius 3 is 2.84 bits per heavy atom. The van der Waals surface area contributed by atoms with Gasteiger partial charge in [-0.25, -0.2) is 0 Å². The number of thiocarbonyl (C=S) groups is 1. The summed E-state index contributed by atoms with van der Waals surface area (Å²) >= 11 is 5.13. The van der Waals surface area contributed by atoms with E-state index in [9.17, 15) is 4.79 Å². The summed E-state index contributed by atoms with van der Waals surface area (Å²) in [6.45, 7) is 2.01. The fraction of sp³-hybridized carbons (Fsp3) is 0.286. The van der Waals surface area contributed by atoms with E-state index in [-0.39, 0.29) is 12.6 Å². The minimum atomic E-state index is -0.294. The highest BCUT2D eigenvalue weighted by atomic mass is 32.1. The van der Waals surface area contributed by atoms with Crippen LogP contribution in [0.3, 0.4) is 0 Å². The van der Waals surface area contributed by atoms with E-state index in [1.54, 1.807) is 13.2 Å². The first-order valence-electron chi connectivity index (χ1n) is 5.81. The third-order valence-electron chi connectivity index (χ3n) is 2.19. The van der Waals surface area contributed by atoms with E-state index < -0.39 is 0 Å². The predicted molar refractivity (Wildman–Crippen MR) is 80.2 cm³/mol. The van der Waals surface area contributed by atoms with Crippen molar-refractivity contribution >= 4 is 34.9 Å². The van der Waals surface area contributed by atoms with E-state index in [1.807, 2.05) is 30.3 Å². The molecular formula is C14H17NO3S. The molecule has 0 fully saturated rings. The molecule has 1 aromatic rings. The second-order valence-corrected chi connectivity index (χ2v) is 4.27. The molecule has 0 bridgehead atoms. The second kappa shape index (κ2) is 8.39. The molecule has 0 unspecified atom stereocenters. The Morgan fingerprint density at radius 2 is 2.16 bits per heavy atom. The van der Waals surface area contributed by atoms with Crippen LogP contribution in [0.1, 0.15) is 12.5 Å². The molecule has 1 rings (SSSR count). The summed E-state index contributed by atoms with van der Waals surface area (Å²) in [7, 11) is 1.60. The highest BCUT2D eigenvalue weighted by molar-refractivity contribution is 7.80. The van der Waals surface area contributed by atoms with Crippen LogP contribution in [0, 0.1) is 0 Å². The molecule has 0 saturated carbocycles. The van der Waals surface area contributed by atoms with Gasteiger partial charge < -0.3 is 14.8 Å². The van der Waals surface area contributed by atoms with E-state index in [1.165, 1.54) is 6.92 Å². The number of para-hydroxylation sites is 1. The van der Waals surface area contributed by atoms with Crippen LogP contribution in [0.2, 0.25) is 0 Å². The van der Waals surface area contributed by atoms with Crippen LogP contribution in [0.25, 0.3) is 6.08 Å².